The molecule has 2 aliphatic rings. The molecule has 2 aliphatic heterocycles. The molecule has 0 atom stereocenters. The highest BCUT2D eigenvalue weighted by Gasteiger charge is 2.18. The predicted octanol–water partition coefficient (Wildman–Crippen LogP) is 11.1. The molecule has 8 nitrogen and oxygen atoms in total. The van der Waals surface area contributed by atoms with Gasteiger partial charge in [0, 0.05) is 75.3 Å². The largest absolute Gasteiger partial charge is 0.378 e. The van der Waals surface area contributed by atoms with E-state index in [1.807, 2.05) is 76.5 Å². The summed E-state index contributed by atoms with van der Waals surface area (Å²) in [5.41, 5.74) is 4.53. The van der Waals surface area contributed by atoms with Crippen molar-refractivity contribution in [2.45, 2.75) is 26.2 Å². The van der Waals surface area contributed by atoms with E-state index < -0.39 is 11.6 Å². The number of hydrogen-bond acceptors (Lipinski definition) is 6. The minimum Gasteiger partial charge on any atom is -0.378 e. The van der Waals surface area contributed by atoms with Gasteiger partial charge in [0.2, 0.25) is 0 Å². The summed E-state index contributed by atoms with van der Waals surface area (Å²) in [7, 11) is 0. The Kier molecular flexibility index (Phi) is 14.0. The quantitative estimate of drug-likeness (QED) is 0.134. The summed E-state index contributed by atoms with van der Waals surface area (Å²) in [5, 5.41) is 9.87. The number of nitrogens with zero attached hydrogens (tertiary/aromatic N) is 2. The summed E-state index contributed by atoms with van der Waals surface area (Å²) in [6, 6.07) is 32.4. The summed E-state index contributed by atoms with van der Waals surface area (Å²) in [6.07, 6.45) is 7.73. The Bertz CT molecular complexity index is 2460. The monoisotopic (exact) mass is 860 g/mol. The van der Waals surface area contributed by atoms with Gasteiger partial charge in [-0.05, 0) is 77.4 Å². The third kappa shape index (κ3) is 10.5. The van der Waals surface area contributed by atoms with E-state index in [9.17, 15) is 18.4 Å². The van der Waals surface area contributed by atoms with Crippen LogP contribution in [0.4, 0.5) is 31.5 Å². The van der Waals surface area contributed by atoms with E-state index in [0.717, 1.165) is 38.0 Å². The van der Waals surface area contributed by atoms with Gasteiger partial charge in [-0.3, -0.25) is 9.59 Å². The van der Waals surface area contributed by atoms with Crippen LogP contribution in [-0.4, -0.2) is 64.4 Å². The maximum absolute atomic E-state index is 14.3. The molecule has 6 aromatic rings. The van der Waals surface area contributed by atoms with Crippen molar-refractivity contribution in [2.75, 3.05) is 73.0 Å². The highest BCUT2D eigenvalue weighted by molar-refractivity contribution is 9.10. The van der Waals surface area contributed by atoms with Crippen molar-refractivity contribution in [2.24, 2.45) is 0 Å². The average molecular weight is 862 g/mol. The van der Waals surface area contributed by atoms with E-state index in [1.165, 1.54) is 37.1 Å². The van der Waals surface area contributed by atoms with Crippen LogP contribution < -0.4 is 20.4 Å². The number of nitrogens with one attached hydrogen (secondary N) is 2. The third-order valence-electron chi connectivity index (χ3n) is 10.4. The first kappa shape index (κ1) is 41.5. The van der Waals surface area contributed by atoms with E-state index >= 15 is 0 Å². The van der Waals surface area contributed by atoms with Crippen LogP contribution in [0.15, 0.2) is 120 Å². The third-order valence-corrected chi connectivity index (χ3v) is 11.1. The molecule has 304 valence electrons. The van der Waals surface area contributed by atoms with Gasteiger partial charge in [-0.25, -0.2) is 8.78 Å². The topological polar surface area (TPSA) is 83.1 Å². The fourth-order valence-electron chi connectivity index (χ4n) is 7.29. The van der Waals surface area contributed by atoms with Crippen molar-refractivity contribution in [1.82, 2.24) is 0 Å². The van der Waals surface area contributed by atoms with E-state index in [4.69, 9.17) is 9.47 Å². The van der Waals surface area contributed by atoms with Crippen molar-refractivity contribution in [1.29, 1.82) is 0 Å². The molecule has 2 fully saturated rings. The van der Waals surface area contributed by atoms with Crippen LogP contribution in [0.25, 0.3) is 27.6 Å². The number of allylic oxidation sites excluding steroid dienone is 1. The number of ether oxygens (including phenoxy) is 2. The molecule has 0 aliphatic carbocycles. The van der Waals surface area contributed by atoms with E-state index in [0.29, 0.717) is 86.5 Å². The summed E-state index contributed by atoms with van der Waals surface area (Å²) in [6.45, 7) is 7.32. The standard InChI is InChI=1S/C27H29FN2O2.C21H18BrFN2O2/c1-2-3-4-5-8-20-11-12-26(25-10-7-6-9-24(20)25)29-27(31)21-17-22(28)19-23(18-21)30-13-15-32-16-14-30;22-19-5-6-20(18-4-2-1-3-17(18)19)24-21(26)14-11-15(23)13-16(12-14)25-7-9-27-10-8-25/h5-12,17-19H,2-4,13-16H2,1H3,(H,29,31);1-6,11-13H,7-10H2,(H,24,26)/b8-5+;. The lowest BCUT2D eigenvalue weighted by Crippen LogP contribution is -2.36. The molecule has 0 bridgehead atoms. The number of carbonyl (C=O) groups is 2. The molecular weight excluding hydrogens is 814 g/mol. The van der Waals surface area contributed by atoms with Gasteiger partial charge in [0.1, 0.15) is 11.6 Å². The Balaban J connectivity index is 0.000000181. The number of anilines is 4. The summed E-state index contributed by atoms with van der Waals surface area (Å²) >= 11 is 3.53. The molecule has 0 spiro atoms. The second-order valence-electron chi connectivity index (χ2n) is 14.4. The number of carbonyl (C=O) groups excluding carboxylic acids is 2. The molecule has 11 heteroatoms. The molecule has 0 unspecified atom stereocenters. The molecule has 6 aromatic carbocycles. The molecule has 59 heavy (non-hydrogen) atoms. The van der Waals surface area contributed by atoms with Gasteiger partial charge in [-0.1, -0.05) is 102 Å². The van der Waals surface area contributed by atoms with Crippen LogP contribution >= 0.6 is 15.9 Å². The van der Waals surface area contributed by atoms with E-state index in [1.54, 1.807) is 12.1 Å². The summed E-state index contributed by atoms with van der Waals surface area (Å²) in [4.78, 5) is 29.9. The molecule has 2 N–H and O–H groups in total. The first-order valence-electron chi connectivity index (χ1n) is 20.0. The van der Waals surface area contributed by atoms with E-state index in [2.05, 4.69) is 51.7 Å². The Morgan fingerprint density at radius 3 is 1.64 bits per heavy atom. The molecule has 0 saturated carbocycles. The van der Waals surface area contributed by atoms with Gasteiger partial charge in [0.25, 0.3) is 11.8 Å². The number of hydrogen-bond donors (Lipinski definition) is 2. The number of benzene rings is 6. The normalized spacial score (nSPS) is 14.3. The number of unbranched alkanes of at least 4 members (excludes halogenated alkanes) is 2. The van der Waals surface area contributed by atoms with Gasteiger partial charge >= 0.3 is 0 Å². The molecule has 2 heterocycles. The summed E-state index contributed by atoms with van der Waals surface area (Å²) < 4.78 is 40.1. The van der Waals surface area contributed by atoms with Gasteiger partial charge in [0.15, 0.2) is 0 Å². The Morgan fingerprint density at radius 1 is 0.644 bits per heavy atom. The van der Waals surface area contributed by atoms with Crippen molar-refractivity contribution >= 4 is 78.1 Å². The zero-order valence-electron chi connectivity index (χ0n) is 33.0. The Hall–Kier alpha value is -5.62. The number of amides is 2. The van der Waals surface area contributed by atoms with Gasteiger partial charge in [-0.2, -0.15) is 0 Å². The molecule has 8 rings (SSSR count). The molecule has 0 radical (unpaired) electrons. The zero-order chi connectivity index (χ0) is 41.1. The minimum atomic E-state index is -0.426. The Morgan fingerprint density at radius 2 is 1.12 bits per heavy atom. The average Bonchev–Trinajstić information content (AvgIpc) is 3.27. The van der Waals surface area contributed by atoms with Crippen molar-refractivity contribution < 1.29 is 27.8 Å². The molecule has 2 saturated heterocycles. The van der Waals surface area contributed by atoms with Crippen LogP contribution in [-0.2, 0) is 9.47 Å². The molecule has 2 amide bonds. The van der Waals surface area contributed by atoms with Gasteiger partial charge < -0.3 is 29.9 Å². The van der Waals surface area contributed by atoms with E-state index in [-0.39, 0.29) is 11.8 Å². The van der Waals surface area contributed by atoms with Crippen LogP contribution in [0, 0.1) is 11.6 Å². The number of morpholine rings is 2. The van der Waals surface area contributed by atoms with Crippen LogP contribution in [0.1, 0.15) is 52.5 Å². The minimum absolute atomic E-state index is 0.295. The second kappa shape index (κ2) is 19.9. The van der Waals surface area contributed by atoms with Crippen molar-refractivity contribution in [3.63, 3.8) is 0 Å². The molecular formula is C48H47BrF2N4O4. The van der Waals surface area contributed by atoms with Crippen LogP contribution in [0.2, 0.25) is 0 Å². The maximum atomic E-state index is 14.3. The lowest BCUT2D eigenvalue weighted by molar-refractivity contribution is 0.101. The lowest BCUT2D eigenvalue weighted by Gasteiger charge is -2.29. The second-order valence-corrected chi connectivity index (χ2v) is 15.3. The highest BCUT2D eigenvalue weighted by Crippen LogP contribution is 2.32. The number of halogens is 3. The molecule has 0 aromatic heterocycles. The van der Waals surface area contributed by atoms with Crippen LogP contribution in [0.5, 0.6) is 0 Å². The Labute approximate surface area is 351 Å². The summed E-state index contributed by atoms with van der Waals surface area (Å²) in [5.74, 6) is -1.51. The maximum Gasteiger partial charge on any atom is 0.255 e. The van der Waals surface area contributed by atoms with Gasteiger partial charge in [0.05, 0.1) is 26.4 Å². The number of fused-ring (bicyclic) bond motifs is 2. The first-order valence-corrected chi connectivity index (χ1v) is 20.8. The lowest BCUT2D eigenvalue weighted by atomic mass is 10.0. The smallest absolute Gasteiger partial charge is 0.255 e. The zero-order valence-corrected chi connectivity index (χ0v) is 34.6. The van der Waals surface area contributed by atoms with Crippen molar-refractivity contribution in [3.05, 3.63) is 148 Å². The van der Waals surface area contributed by atoms with Crippen molar-refractivity contribution in [3.8, 4) is 0 Å². The van der Waals surface area contributed by atoms with Crippen LogP contribution in [0.3, 0.4) is 0 Å². The fraction of sp³-hybridized carbons (Fsp3) is 0.250. The van der Waals surface area contributed by atoms with Gasteiger partial charge in [-0.15, -0.1) is 0 Å². The number of rotatable bonds is 10. The first-order chi connectivity index (χ1) is 28.8. The highest BCUT2D eigenvalue weighted by atomic mass is 79.9. The SMILES string of the molecule is CCCC/C=C/c1ccc(NC(=O)c2cc(F)cc(N3CCOCC3)c2)c2ccccc12.O=C(Nc1ccc(Br)c2ccccc12)c1cc(F)cc(N2CCOCC2)c1. The predicted molar refractivity (Wildman–Crippen MR) is 239 cm³/mol. The fourth-order valence-corrected chi connectivity index (χ4v) is 7.77.